The molecule has 0 saturated heterocycles. The predicted octanol–water partition coefficient (Wildman–Crippen LogP) is 8.73. The summed E-state index contributed by atoms with van der Waals surface area (Å²) >= 11 is 0. The second-order valence-corrected chi connectivity index (χ2v) is 9.85. The second-order valence-electron chi connectivity index (χ2n) is 9.85. The van der Waals surface area contributed by atoms with Crippen LogP contribution in [0.25, 0.3) is 0 Å². The molecule has 7 heteroatoms. The number of aryl methyl sites for hydroxylation is 2. The van der Waals surface area contributed by atoms with Crippen molar-refractivity contribution < 1.29 is 26.7 Å². The summed E-state index contributed by atoms with van der Waals surface area (Å²) < 4.78 is 63.6. The minimum absolute atomic E-state index is 0.0770. The van der Waals surface area contributed by atoms with Gasteiger partial charge in [0.1, 0.15) is 12.8 Å². The zero-order valence-electron chi connectivity index (χ0n) is 20.7. The van der Waals surface area contributed by atoms with E-state index in [1.54, 1.807) is 0 Å². The van der Waals surface area contributed by atoms with E-state index < -0.39 is 24.6 Å². The third-order valence-electron chi connectivity index (χ3n) is 7.01. The molecule has 1 saturated carbocycles. The summed E-state index contributed by atoms with van der Waals surface area (Å²) in [6.45, 7) is -0.954. The highest BCUT2D eigenvalue weighted by atomic mass is 19.4. The molecule has 0 radical (unpaired) electrons. The van der Waals surface area contributed by atoms with E-state index in [1.165, 1.54) is 18.6 Å². The van der Waals surface area contributed by atoms with Crippen LogP contribution >= 0.6 is 0 Å². The first kappa shape index (κ1) is 28.1. The van der Waals surface area contributed by atoms with E-state index in [0.29, 0.717) is 44.4 Å². The summed E-state index contributed by atoms with van der Waals surface area (Å²) in [5, 5.41) is 3.06. The smallest absolute Gasteiger partial charge is 0.326 e. The molecule has 1 aliphatic rings. The van der Waals surface area contributed by atoms with Crippen LogP contribution in [0.2, 0.25) is 0 Å². The summed E-state index contributed by atoms with van der Waals surface area (Å²) in [4.78, 5) is 12.6. The lowest BCUT2D eigenvalue weighted by molar-refractivity contribution is -0.137. The van der Waals surface area contributed by atoms with Crippen LogP contribution in [-0.2, 0) is 23.8 Å². The number of hydrogen-bond donors (Lipinski definition) is 1. The number of anilines is 1. The molecular formula is C29H36F5NO. The average Bonchev–Trinajstić information content (AvgIpc) is 2.88. The second kappa shape index (κ2) is 13.8. The Morgan fingerprint density at radius 2 is 1.58 bits per heavy atom. The van der Waals surface area contributed by atoms with Crippen molar-refractivity contribution in [2.75, 3.05) is 12.0 Å². The molecule has 0 aromatic heterocycles. The summed E-state index contributed by atoms with van der Waals surface area (Å²) in [5.41, 5.74) is 3.27. The zero-order chi connectivity index (χ0) is 26.0. The Kier molecular flexibility index (Phi) is 10.7. The van der Waals surface area contributed by atoms with Crippen molar-refractivity contribution in [2.24, 2.45) is 0 Å². The Balaban J connectivity index is 1.61. The molecule has 2 nitrogen and oxygen atoms in total. The van der Waals surface area contributed by atoms with Crippen molar-refractivity contribution in [3.05, 3.63) is 64.7 Å². The predicted molar refractivity (Wildman–Crippen MR) is 134 cm³/mol. The van der Waals surface area contributed by atoms with Gasteiger partial charge in [-0.2, -0.15) is 13.2 Å². The number of hydrogen-bond acceptors (Lipinski definition) is 1. The molecule has 1 fully saturated rings. The van der Waals surface area contributed by atoms with E-state index in [1.807, 2.05) is 12.1 Å². The highest BCUT2D eigenvalue weighted by Crippen LogP contribution is 2.37. The number of carbonyl (C=O) groups is 1. The van der Waals surface area contributed by atoms with Gasteiger partial charge >= 0.3 is 6.18 Å². The number of benzene rings is 2. The maximum Gasteiger partial charge on any atom is 0.416 e. The minimum Gasteiger partial charge on any atom is -0.326 e. The highest BCUT2D eigenvalue weighted by molar-refractivity contribution is 5.91. The van der Waals surface area contributed by atoms with Gasteiger partial charge in [-0.15, -0.1) is 0 Å². The van der Waals surface area contributed by atoms with Crippen LogP contribution < -0.4 is 5.32 Å². The first-order valence-corrected chi connectivity index (χ1v) is 13.0. The average molecular weight is 510 g/mol. The first-order valence-electron chi connectivity index (χ1n) is 13.0. The molecule has 1 N–H and O–H groups in total. The van der Waals surface area contributed by atoms with Gasteiger partial charge in [-0.3, -0.25) is 4.79 Å². The van der Waals surface area contributed by atoms with Crippen LogP contribution in [0.1, 0.15) is 92.4 Å². The van der Waals surface area contributed by atoms with E-state index in [9.17, 15) is 26.7 Å². The Bertz CT molecular complexity index is 951. The summed E-state index contributed by atoms with van der Waals surface area (Å²) in [5.74, 6) is 0.300. The monoisotopic (exact) mass is 509 g/mol. The van der Waals surface area contributed by atoms with Gasteiger partial charge in [-0.25, -0.2) is 8.78 Å². The number of alkyl halides is 5. The van der Waals surface area contributed by atoms with Gasteiger partial charge in [0.15, 0.2) is 0 Å². The number of nitrogens with one attached hydrogen (secondary N) is 1. The molecule has 198 valence electrons. The lowest BCUT2D eigenvalue weighted by atomic mass is 9.82. The van der Waals surface area contributed by atoms with Crippen molar-refractivity contribution in [2.45, 2.75) is 95.3 Å². The zero-order valence-corrected chi connectivity index (χ0v) is 20.7. The Morgan fingerprint density at radius 1 is 0.917 bits per heavy atom. The van der Waals surface area contributed by atoms with Crippen molar-refractivity contribution in [3.63, 3.8) is 0 Å². The van der Waals surface area contributed by atoms with E-state index in [0.717, 1.165) is 60.2 Å². The fraction of sp³-hybridized carbons (Fsp3) is 0.552. The number of carbonyl (C=O) groups excluding carboxylic acids is 1. The summed E-state index contributed by atoms with van der Waals surface area (Å²) in [6, 6.07) is 11.4. The van der Waals surface area contributed by atoms with Crippen LogP contribution in [0.4, 0.5) is 27.6 Å². The molecule has 1 aliphatic carbocycles. The SMILES string of the molecule is O=C(CCCCC[C@H](F)CF)Nc1ccc(CCc2ccc(C(F)(F)F)cc2)cc1C1CCCCC1. The van der Waals surface area contributed by atoms with Gasteiger partial charge in [0, 0.05) is 12.1 Å². The van der Waals surface area contributed by atoms with Crippen LogP contribution in [-0.4, -0.2) is 18.8 Å². The summed E-state index contributed by atoms with van der Waals surface area (Å²) in [6.07, 6.45) is 3.69. The van der Waals surface area contributed by atoms with Gasteiger partial charge in [0.2, 0.25) is 5.91 Å². The van der Waals surface area contributed by atoms with Gasteiger partial charge in [0.25, 0.3) is 0 Å². The Labute approximate surface area is 210 Å². The molecule has 2 aromatic rings. The largest absolute Gasteiger partial charge is 0.416 e. The van der Waals surface area contributed by atoms with Crippen molar-refractivity contribution in [1.82, 2.24) is 0 Å². The fourth-order valence-corrected chi connectivity index (χ4v) is 4.90. The standard InChI is InChI=1S/C29H36F5NO/c30-20-25(31)9-5-2-6-10-28(36)35-27-18-15-22(19-26(27)23-7-3-1-4-8-23)12-11-21-13-16-24(17-14-21)29(32,33)34/h13-19,23,25H,1-12,20H2,(H,35,36)/t25-/m0/s1. The van der Waals surface area contributed by atoms with Gasteiger partial charge in [-0.1, -0.05) is 56.4 Å². The molecule has 0 spiro atoms. The third-order valence-corrected chi connectivity index (χ3v) is 7.01. The van der Waals surface area contributed by atoms with E-state index in [2.05, 4.69) is 11.4 Å². The highest BCUT2D eigenvalue weighted by Gasteiger charge is 2.29. The molecule has 0 aliphatic heterocycles. The van der Waals surface area contributed by atoms with Crippen molar-refractivity contribution >= 4 is 11.6 Å². The molecule has 0 bridgehead atoms. The first-order chi connectivity index (χ1) is 17.3. The Hall–Kier alpha value is -2.44. The van der Waals surface area contributed by atoms with Gasteiger partial charge < -0.3 is 5.32 Å². The van der Waals surface area contributed by atoms with E-state index in [-0.39, 0.29) is 12.3 Å². The number of amides is 1. The third kappa shape index (κ3) is 8.90. The Morgan fingerprint density at radius 3 is 2.25 bits per heavy atom. The summed E-state index contributed by atoms with van der Waals surface area (Å²) in [7, 11) is 0. The van der Waals surface area contributed by atoms with Crippen LogP contribution in [0.5, 0.6) is 0 Å². The van der Waals surface area contributed by atoms with E-state index >= 15 is 0 Å². The van der Waals surface area contributed by atoms with Crippen LogP contribution in [0, 0.1) is 0 Å². The number of rotatable bonds is 12. The minimum atomic E-state index is -4.33. The van der Waals surface area contributed by atoms with Crippen molar-refractivity contribution in [1.29, 1.82) is 0 Å². The van der Waals surface area contributed by atoms with Gasteiger partial charge in [-0.05, 0) is 79.3 Å². The lowest BCUT2D eigenvalue weighted by Crippen LogP contribution is -2.15. The fourth-order valence-electron chi connectivity index (χ4n) is 4.90. The van der Waals surface area contributed by atoms with E-state index in [4.69, 9.17) is 0 Å². The number of unbranched alkanes of at least 4 members (excludes halogenated alkanes) is 2. The van der Waals surface area contributed by atoms with Crippen LogP contribution in [0.15, 0.2) is 42.5 Å². The van der Waals surface area contributed by atoms with Crippen molar-refractivity contribution in [3.8, 4) is 0 Å². The molecule has 1 amide bonds. The molecule has 0 heterocycles. The molecular weight excluding hydrogens is 473 g/mol. The molecule has 1 atom stereocenters. The maximum atomic E-state index is 13.0. The van der Waals surface area contributed by atoms with Crippen LogP contribution in [0.3, 0.4) is 0 Å². The normalized spacial score (nSPS) is 15.6. The molecule has 0 unspecified atom stereocenters. The molecule has 3 rings (SSSR count). The lowest BCUT2D eigenvalue weighted by Gasteiger charge is -2.25. The topological polar surface area (TPSA) is 29.1 Å². The molecule has 2 aromatic carbocycles. The maximum absolute atomic E-state index is 13.0. The number of halogens is 5. The molecule has 36 heavy (non-hydrogen) atoms. The quantitative estimate of drug-likeness (QED) is 0.225. The van der Waals surface area contributed by atoms with Gasteiger partial charge in [0.05, 0.1) is 5.56 Å².